The predicted molar refractivity (Wildman–Crippen MR) is 39.1 cm³/mol. The molecule has 1 heterocycles. The molecule has 0 amide bonds. The van der Waals surface area contributed by atoms with E-state index in [0.29, 0.717) is 10.4 Å². The largest absolute Gasteiger partial charge is 0.710 e. The van der Waals surface area contributed by atoms with E-state index in [-0.39, 0.29) is 11.5 Å². The van der Waals surface area contributed by atoms with E-state index in [4.69, 9.17) is 0 Å². The zero-order chi connectivity index (χ0) is 8.59. The lowest BCUT2D eigenvalue weighted by atomic mass is 10.2. The molecule has 60 valence electrons. The molecule has 0 aliphatic heterocycles. The van der Waals surface area contributed by atoms with E-state index >= 15 is 0 Å². The first-order valence-corrected chi connectivity index (χ1v) is 3.30. The highest BCUT2D eigenvalue weighted by Crippen LogP contribution is 2.01. The second kappa shape index (κ2) is 2.38. The van der Waals surface area contributed by atoms with Crippen LogP contribution in [0, 0.1) is 12.1 Å². The molecule has 11 heavy (non-hydrogen) atoms. The minimum absolute atomic E-state index is 0.196. The van der Waals surface area contributed by atoms with E-state index in [1.165, 1.54) is 13.3 Å². The van der Waals surface area contributed by atoms with Gasteiger partial charge in [0.1, 0.15) is 0 Å². The van der Waals surface area contributed by atoms with Crippen molar-refractivity contribution in [3.05, 3.63) is 22.9 Å². The summed E-state index contributed by atoms with van der Waals surface area (Å²) in [4.78, 5) is 10.9. The highest BCUT2D eigenvalue weighted by atomic mass is 16.5. The summed E-state index contributed by atoms with van der Waals surface area (Å²) >= 11 is 0. The first kappa shape index (κ1) is 7.78. The van der Waals surface area contributed by atoms with Crippen LogP contribution >= 0.6 is 0 Å². The highest BCUT2D eigenvalue weighted by Gasteiger charge is 2.16. The van der Waals surface area contributed by atoms with Gasteiger partial charge in [-0.25, -0.2) is 9.30 Å². The van der Waals surface area contributed by atoms with E-state index in [1.807, 2.05) is 0 Å². The maximum Gasteiger partial charge on any atom is 0.247 e. The number of carbonyl (C=O) groups is 1. The van der Waals surface area contributed by atoms with E-state index < -0.39 is 0 Å². The molecule has 1 rings (SSSR count). The maximum absolute atomic E-state index is 11.0. The van der Waals surface area contributed by atoms with Gasteiger partial charge in [-0.3, -0.25) is 4.79 Å². The SMILES string of the molecule is CC(=O)c1c(C)n(C)c[n+]1[O-]. The van der Waals surface area contributed by atoms with Crippen LogP contribution in [-0.4, -0.2) is 10.4 Å². The lowest BCUT2D eigenvalue weighted by Crippen LogP contribution is -2.30. The highest BCUT2D eigenvalue weighted by molar-refractivity contribution is 5.91. The summed E-state index contributed by atoms with van der Waals surface area (Å²) in [5, 5.41) is 11.0. The molecule has 0 saturated carbocycles. The van der Waals surface area contributed by atoms with Gasteiger partial charge in [0.25, 0.3) is 0 Å². The molecule has 0 atom stereocenters. The molecule has 0 unspecified atom stereocenters. The van der Waals surface area contributed by atoms with Crippen molar-refractivity contribution in [3.63, 3.8) is 0 Å². The molecule has 0 bridgehead atoms. The van der Waals surface area contributed by atoms with Crippen molar-refractivity contribution in [1.82, 2.24) is 4.57 Å². The molecule has 0 spiro atoms. The number of aromatic nitrogens is 2. The van der Waals surface area contributed by atoms with Gasteiger partial charge in [0.2, 0.25) is 17.8 Å². The maximum atomic E-state index is 11.0. The molecule has 0 aliphatic rings. The third-order valence-corrected chi connectivity index (χ3v) is 1.70. The monoisotopic (exact) mass is 154 g/mol. The smallest absolute Gasteiger partial charge is 0.247 e. The van der Waals surface area contributed by atoms with Gasteiger partial charge >= 0.3 is 0 Å². The first-order valence-electron chi connectivity index (χ1n) is 3.30. The molecule has 0 N–H and O–H groups in total. The molecule has 1 aromatic rings. The van der Waals surface area contributed by atoms with Gasteiger partial charge in [0, 0.05) is 13.8 Å². The Hall–Kier alpha value is -1.32. The van der Waals surface area contributed by atoms with Crippen molar-refractivity contribution in [3.8, 4) is 0 Å². The fraction of sp³-hybridized carbons (Fsp3) is 0.429. The Labute approximate surface area is 64.6 Å². The number of hydrogen-bond donors (Lipinski definition) is 0. The Bertz CT molecular complexity index is 302. The van der Waals surface area contributed by atoms with E-state index in [9.17, 15) is 10.0 Å². The molecule has 1 aromatic heterocycles. The molecule has 0 fully saturated rings. The van der Waals surface area contributed by atoms with Crippen LogP contribution in [0.2, 0.25) is 0 Å². The first-order chi connectivity index (χ1) is 5.04. The van der Waals surface area contributed by atoms with Gasteiger partial charge in [-0.05, 0) is 0 Å². The standard InChI is InChI=1S/C7H10N2O2/c1-5-7(6(2)10)9(11)4-8(5)3/h4H,1-3H3. The summed E-state index contributed by atoms with van der Waals surface area (Å²) in [7, 11) is 1.73. The van der Waals surface area contributed by atoms with Crippen molar-refractivity contribution < 1.29 is 9.52 Å². The van der Waals surface area contributed by atoms with Gasteiger partial charge in [-0.2, -0.15) is 0 Å². The molecule has 0 radical (unpaired) electrons. The van der Waals surface area contributed by atoms with E-state index in [1.54, 1.807) is 18.5 Å². The summed E-state index contributed by atoms with van der Waals surface area (Å²) in [6.07, 6.45) is 1.34. The fourth-order valence-corrected chi connectivity index (χ4v) is 1.04. The summed E-state index contributed by atoms with van der Waals surface area (Å²) in [6, 6.07) is 0. The van der Waals surface area contributed by atoms with Crippen LogP contribution in [0.1, 0.15) is 23.1 Å². The van der Waals surface area contributed by atoms with Crippen LogP contribution in [0.15, 0.2) is 6.33 Å². The Balaban J connectivity index is 3.34. The molecule has 4 heteroatoms. The van der Waals surface area contributed by atoms with Crippen molar-refractivity contribution >= 4 is 5.78 Å². The van der Waals surface area contributed by atoms with E-state index in [2.05, 4.69) is 0 Å². The lowest BCUT2D eigenvalue weighted by molar-refractivity contribution is -0.607. The Morgan fingerprint density at radius 1 is 1.73 bits per heavy atom. The van der Waals surface area contributed by atoms with Crippen LogP contribution in [0.25, 0.3) is 0 Å². The summed E-state index contributed by atoms with van der Waals surface area (Å²) in [6.45, 7) is 3.13. The number of ketones is 1. The van der Waals surface area contributed by atoms with Crippen LogP contribution in [0.5, 0.6) is 0 Å². The van der Waals surface area contributed by atoms with Gasteiger partial charge in [-0.1, -0.05) is 0 Å². The van der Waals surface area contributed by atoms with Crippen LogP contribution in [0.4, 0.5) is 0 Å². The molecule has 4 nitrogen and oxygen atoms in total. The van der Waals surface area contributed by atoms with E-state index in [0.717, 1.165) is 0 Å². The number of nitrogens with zero attached hydrogens (tertiary/aromatic N) is 2. The predicted octanol–water partition coefficient (Wildman–Crippen LogP) is 0.170. The molecular weight excluding hydrogens is 144 g/mol. The normalized spacial score (nSPS) is 10.1. The van der Waals surface area contributed by atoms with Crippen molar-refractivity contribution in [1.29, 1.82) is 0 Å². The molecule has 0 saturated heterocycles. The van der Waals surface area contributed by atoms with Crippen LogP contribution in [0.3, 0.4) is 0 Å². The second-order valence-electron chi connectivity index (χ2n) is 2.54. The number of imidazole rings is 1. The topological polar surface area (TPSA) is 48.9 Å². The van der Waals surface area contributed by atoms with Crippen molar-refractivity contribution in [2.45, 2.75) is 13.8 Å². The summed E-state index contributed by atoms with van der Waals surface area (Å²) in [5.41, 5.74) is 0.931. The summed E-state index contributed by atoms with van der Waals surface area (Å²) in [5.74, 6) is -0.196. The lowest BCUT2D eigenvalue weighted by Gasteiger charge is -1.97. The summed E-state index contributed by atoms with van der Waals surface area (Å²) < 4.78 is 2.22. The number of Topliss-reactive ketones (excluding diaryl/α,β-unsaturated/α-hetero) is 1. The quantitative estimate of drug-likeness (QED) is 0.329. The van der Waals surface area contributed by atoms with Crippen molar-refractivity contribution in [2.24, 2.45) is 7.05 Å². The average molecular weight is 154 g/mol. The van der Waals surface area contributed by atoms with Gasteiger partial charge < -0.3 is 5.21 Å². The van der Waals surface area contributed by atoms with Gasteiger partial charge in [0.05, 0.1) is 7.05 Å². The second-order valence-corrected chi connectivity index (χ2v) is 2.54. The minimum Gasteiger partial charge on any atom is -0.710 e. The number of hydrogen-bond acceptors (Lipinski definition) is 2. The van der Waals surface area contributed by atoms with Crippen LogP contribution in [-0.2, 0) is 7.05 Å². The fourth-order valence-electron chi connectivity index (χ4n) is 1.04. The molecule has 0 aliphatic carbocycles. The minimum atomic E-state index is -0.196. The Morgan fingerprint density at radius 3 is 2.45 bits per heavy atom. The van der Waals surface area contributed by atoms with Crippen molar-refractivity contribution in [2.75, 3.05) is 0 Å². The number of rotatable bonds is 1. The average Bonchev–Trinajstić information content (AvgIpc) is 2.07. The van der Waals surface area contributed by atoms with Gasteiger partial charge in [0.15, 0.2) is 5.69 Å². The van der Waals surface area contributed by atoms with Gasteiger partial charge in [-0.15, -0.1) is 0 Å². The number of aryl methyl sites for hydroxylation is 1. The molecular formula is C7H10N2O2. The third-order valence-electron chi connectivity index (χ3n) is 1.70. The van der Waals surface area contributed by atoms with Crippen LogP contribution < -0.4 is 4.73 Å². The zero-order valence-corrected chi connectivity index (χ0v) is 6.79. The third kappa shape index (κ3) is 1.11. The Morgan fingerprint density at radius 2 is 2.27 bits per heavy atom. The molecule has 0 aromatic carbocycles. The zero-order valence-electron chi connectivity index (χ0n) is 6.79. The Kier molecular flexibility index (Phi) is 1.68. The number of carbonyl (C=O) groups excluding carboxylic acids is 1.